The molecule has 0 spiro atoms. The second-order valence-electron chi connectivity index (χ2n) is 6.35. The topological polar surface area (TPSA) is 12.0 Å². The van der Waals surface area contributed by atoms with Crippen LogP contribution in [-0.4, -0.2) is 12.6 Å². The van der Waals surface area contributed by atoms with E-state index in [4.69, 9.17) is 11.6 Å². The number of hydrogen-bond acceptors (Lipinski definition) is 1. The smallest absolute Gasteiger partial charge is 0.142 e. The van der Waals surface area contributed by atoms with Crippen molar-refractivity contribution in [2.75, 3.05) is 6.54 Å². The zero-order valence-electron chi connectivity index (χ0n) is 13.2. The molecule has 0 bridgehead atoms. The third kappa shape index (κ3) is 3.78. The molecule has 1 fully saturated rings. The van der Waals surface area contributed by atoms with Crippen LogP contribution in [0.15, 0.2) is 18.2 Å². The lowest BCUT2D eigenvalue weighted by atomic mass is 9.74. The van der Waals surface area contributed by atoms with Crippen molar-refractivity contribution in [3.8, 4) is 0 Å². The molecule has 1 N–H and O–H groups in total. The second kappa shape index (κ2) is 7.60. The van der Waals surface area contributed by atoms with E-state index < -0.39 is 0 Å². The largest absolute Gasteiger partial charge is 0.313 e. The van der Waals surface area contributed by atoms with Gasteiger partial charge in [0.15, 0.2) is 0 Å². The Balaban J connectivity index is 2.21. The van der Waals surface area contributed by atoms with Gasteiger partial charge in [0, 0.05) is 6.04 Å². The summed E-state index contributed by atoms with van der Waals surface area (Å²) in [5.41, 5.74) is 1.29. The van der Waals surface area contributed by atoms with Crippen molar-refractivity contribution >= 4 is 11.6 Å². The summed E-state index contributed by atoms with van der Waals surface area (Å²) in [4.78, 5) is 0. The Morgan fingerprint density at radius 3 is 2.62 bits per heavy atom. The average molecular weight is 312 g/mol. The van der Waals surface area contributed by atoms with Crippen molar-refractivity contribution in [2.24, 2.45) is 5.41 Å². The fourth-order valence-corrected chi connectivity index (χ4v) is 3.98. The molecule has 3 heteroatoms. The van der Waals surface area contributed by atoms with Crippen molar-refractivity contribution in [3.05, 3.63) is 34.6 Å². The predicted molar refractivity (Wildman–Crippen MR) is 88.4 cm³/mol. The Kier molecular flexibility index (Phi) is 6.07. The quantitative estimate of drug-likeness (QED) is 0.714. The van der Waals surface area contributed by atoms with E-state index in [1.165, 1.54) is 38.2 Å². The summed E-state index contributed by atoms with van der Waals surface area (Å²) in [7, 11) is 0. The zero-order chi connectivity index (χ0) is 15.3. The molecule has 0 saturated heterocycles. The molecule has 1 nitrogen and oxygen atoms in total. The van der Waals surface area contributed by atoms with Crippen LogP contribution in [0.2, 0.25) is 5.02 Å². The summed E-state index contributed by atoms with van der Waals surface area (Å²) in [6.07, 6.45) is 8.30. The van der Waals surface area contributed by atoms with E-state index in [1.54, 1.807) is 6.07 Å². The summed E-state index contributed by atoms with van der Waals surface area (Å²) in [6, 6.07) is 5.56. The van der Waals surface area contributed by atoms with Crippen LogP contribution < -0.4 is 5.32 Å². The monoisotopic (exact) mass is 311 g/mol. The van der Waals surface area contributed by atoms with E-state index in [-0.39, 0.29) is 5.82 Å². The average Bonchev–Trinajstić information content (AvgIpc) is 2.97. The van der Waals surface area contributed by atoms with Crippen molar-refractivity contribution in [1.29, 1.82) is 0 Å². The van der Waals surface area contributed by atoms with Gasteiger partial charge < -0.3 is 5.32 Å². The summed E-state index contributed by atoms with van der Waals surface area (Å²) in [6.45, 7) is 5.49. The number of halogens is 2. The minimum atomic E-state index is -0.305. The first-order valence-electron chi connectivity index (χ1n) is 8.29. The number of benzene rings is 1. The maximum atomic E-state index is 13.7. The lowest BCUT2D eigenvalue weighted by Crippen LogP contribution is -2.45. The third-order valence-corrected chi connectivity index (χ3v) is 5.56. The number of hydrogen-bond donors (Lipinski definition) is 1. The molecule has 0 heterocycles. The lowest BCUT2D eigenvalue weighted by molar-refractivity contribution is 0.184. The van der Waals surface area contributed by atoms with Gasteiger partial charge in [0.05, 0.1) is 5.02 Å². The van der Waals surface area contributed by atoms with Gasteiger partial charge in [-0.05, 0) is 55.7 Å². The molecule has 21 heavy (non-hydrogen) atoms. The van der Waals surface area contributed by atoms with Gasteiger partial charge in [-0.3, -0.25) is 0 Å². The highest BCUT2D eigenvalue weighted by Crippen LogP contribution is 2.45. The van der Waals surface area contributed by atoms with Gasteiger partial charge in [-0.2, -0.15) is 0 Å². The van der Waals surface area contributed by atoms with Gasteiger partial charge in [0.25, 0.3) is 0 Å². The Bertz CT molecular complexity index is 455. The van der Waals surface area contributed by atoms with Crippen molar-refractivity contribution in [1.82, 2.24) is 5.32 Å². The van der Waals surface area contributed by atoms with Crippen LogP contribution in [0.25, 0.3) is 0 Å². The highest BCUT2D eigenvalue weighted by molar-refractivity contribution is 6.31. The number of nitrogens with one attached hydrogen (secondary N) is 1. The minimum Gasteiger partial charge on any atom is -0.313 e. The Labute approximate surface area is 133 Å². The normalized spacial score (nSPS) is 18.9. The Hall–Kier alpha value is -0.600. The first-order valence-corrected chi connectivity index (χ1v) is 8.67. The van der Waals surface area contributed by atoms with Crippen LogP contribution in [0.5, 0.6) is 0 Å². The summed E-state index contributed by atoms with van der Waals surface area (Å²) >= 11 is 6.16. The molecule has 0 aromatic heterocycles. The third-order valence-electron chi connectivity index (χ3n) is 5.14. The molecular weight excluding hydrogens is 285 g/mol. The van der Waals surface area contributed by atoms with Crippen LogP contribution in [0.3, 0.4) is 0 Å². The molecule has 1 atom stereocenters. The van der Waals surface area contributed by atoms with Crippen LogP contribution in [-0.2, 0) is 6.42 Å². The first kappa shape index (κ1) is 16.8. The Morgan fingerprint density at radius 2 is 2.00 bits per heavy atom. The minimum absolute atomic E-state index is 0.296. The highest BCUT2D eigenvalue weighted by Gasteiger charge is 2.39. The molecule has 1 aliphatic rings. The van der Waals surface area contributed by atoms with Crippen molar-refractivity contribution < 1.29 is 4.39 Å². The molecule has 1 aliphatic carbocycles. The molecule has 1 aromatic carbocycles. The van der Waals surface area contributed by atoms with Gasteiger partial charge in [-0.25, -0.2) is 4.39 Å². The molecule has 118 valence electrons. The van der Waals surface area contributed by atoms with Gasteiger partial charge in [0.1, 0.15) is 5.82 Å². The maximum absolute atomic E-state index is 13.7. The number of rotatable bonds is 7. The Morgan fingerprint density at radius 1 is 1.29 bits per heavy atom. The summed E-state index contributed by atoms with van der Waals surface area (Å²) in [5, 5.41) is 4.01. The van der Waals surface area contributed by atoms with Crippen molar-refractivity contribution in [3.63, 3.8) is 0 Å². The van der Waals surface area contributed by atoms with Crippen LogP contribution in [0.1, 0.15) is 57.9 Å². The fourth-order valence-electron chi connectivity index (χ4n) is 3.78. The summed E-state index contributed by atoms with van der Waals surface area (Å²) in [5.74, 6) is -0.305. The molecule has 0 radical (unpaired) electrons. The van der Waals surface area contributed by atoms with E-state index >= 15 is 0 Å². The van der Waals surface area contributed by atoms with E-state index in [9.17, 15) is 4.39 Å². The van der Waals surface area contributed by atoms with E-state index in [1.807, 2.05) is 6.07 Å². The standard InChI is InChI=1S/C18H27ClFN/c1-3-12-21-16(18(4-2)10-5-6-11-18)13-14-8-7-9-15(20)17(14)19/h7-9,16,21H,3-6,10-13H2,1-2H3. The van der Waals surface area contributed by atoms with Gasteiger partial charge in [-0.15, -0.1) is 0 Å². The van der Waals surface area contributed by atoms with Gasteiger partial charge in [-0.1, -0.05) is 50.4 Å². The van der Waals surface area contributed by atoms with Gasteiger partial charge in [0.2, 0.25) is 0 Å². The van der Waals surface area contributed by atoms with E-state index in [0.717, 1.165) is 24.9 Å². The second-order valence-corrected chi connectivity index (χ2v) is 6.72. The van der Waals surface area contributed by atoms with E-state index in [0.29, 0.717) is 16.5 Å². The van der Waals surface area contributed by atoms with Crippen LogP contribution in [0, 0.1) is 11.2 Å². The molecule has 2 rings (SSSR count). The molecule has 0 aliphatic heterocycles. The molecular formula is C18H27ClFN. The zero-order valence-corrected chi connectivity index (χ0v) is 14.0. The molecule has 1 unspecified atom stereocenters. The summed E-state index contributed by atoms with van der Waals surface area (Å²) < 4.78 is 13.7. The molecule has 0 amide bonds. The van der Waals surface area contributed by atoms with Gasteiger partial charge >= 0.3 is 0 Å². The lowest BCUT2D eigenvalue weighted by Gasteiger charge is -2.38. The predicted octanol–water partition coefficient (Wildman–Crippen LogP) is 5.36. The highest BCUT2D eigenvalue weighted by atomic mass is 35.5. The molecule has 1 aromatic rings. The first-order chi connectivity index (χ1) is 10.1. The van der Waals surface area contributed by atoms with Crippen LogP contribution >= 0.6 is 11.6 Å². The SMILES string of the molecule is CCCNC(Cc1cccc(F)c1Cl)C1(CC)CCCC1. The van der Waals surface area contributed by atoms with Crippen molar-refractivity contribution in [2.45, 2.75) is 64.8 Å². The maximum Gasteiger partial charge on any atom is 0.142 e. The van der Waals surface area contributed by atoms with Crippen LogP contribution in [0.4, 0.5) is 4.39 Å². The molecule has 1 saturated carbocycles. The fraction of sp³-hybridized carbons (Fsp3) is 0.667. The van der Waals surface area contributed by atoms with E-state index in [2.05, 4.69) is 19.2 Å².